The lowest BCUT2D eigenvalue weighted by atomic mass is 10.0. The number of carbonyl (C=O) groups excluding carboxylic acids is 1. The third-order valence-corrected chi connectivity index (χ3v) is 4.34. The lowest BCUT2D eigenvalue weighted by Crippen LogP contribution is -2.46. The Morgan fingerprint density at radius 3 is 2.38 bits per heavy atom. The molecule has 0 saturated heterocycles. The Labute approximate surface area is 185 Å². The first-order chi connectivity index (χ1) is 15.3. The van der Waals surface area contributed by atoms with Crippen molar-refractivity contribution >= 4 is 23.5 Å². The monoisotopic (exact) mass is 445 g/mol. The minimum Gasteiger partial charge on any atom is -0.490 e. The Morgan fingerprint density at radius 1 is 1.12 bits per heavy atom. The molecule has 0 aromatic heterocycles. The highest BCUT2D eigenvalue weighted by molar-refractivity contribution is 5.96. The maximum absolute atomic E-state index is 12.8. The standard InChI is InChI=1S/C21H27N5O6/c1-3-31-17-12-14(6-9-16(17)32-11-10-30-2)18(20(27)26(24)21(28)29)25-15-7-4-13(5-8-15)19(22)23/h4-9,12,18,25H,3,10-11,24H2,1-2H3,(H3,22,23)(H,28,29). The van der Waals surface area contributed by atoms with E-state index < -0.39 is 18.0 Å². The molecule has 2 aromatic rings. The average Bonchev–Trinajstić information content (AvgIpc) is 2.78. The topological polar surface area (TPSA) is 173 Å². The fourth-order valence-corrected chi connectivity index (χ4v) is 2.76. The van der Waals surface area contributed by atoms with Crippen LogP contribution in [-0.4, -0.2) is 54.9 Å². The summed E-state index contributed by atoms with van der Waals surface area (Å²) in [6.45, 7) is 2.83. The van der Waals surface area contributed by atoms with E-state index >= 15 is 0 Å². The van der Waals surface area contributed by atoms with Crippen LogP contribution in [0.3, 0.4) is 0 Å². The first-order valence-corrected chi connectivity index (χ1v) is 9.69. The molecule has 0 bridgehead atoms. The average molecular weight is 445 g/mol. The van der Waals surface area contributed by atoms with Crippen molar-refractivity contribution < 1.29 is 28.9 Å². The van der Waals surface area contributed by atoms with Gasteiger partial charge in [-0.05, 0) is 48.9 Å². The zero-order valence-corrected chi connectivity index (χ0v) is 17.8. The lowest BCUT2D eigenvalue weighted by molar-refractivity contribution is -0.130. The quantitative estimate of drug-likeness (QED) is 0.0864. The summed E-state index contributed by atoms with van der Waals surface area (Å²) in [5.74, 6) is 5.28. The van der Waals surface area contributed by atoms with Crippen LogP contribution in [0, 0.1) is 5.41 Å². The summed E-state index contributed by atoms with van der Waals surface area (Å²) in [4.78, 5) is 24.1. The van der Waals surface area contributed by atoms with Crippen LogP contribution in [0.25, 0.3) is 0 Å². The van der Waals surface area contributed by atoms with Gasteiger partial charge in [0.05, 0.1) is 13.2 Å². The highest BCUT2D eigenvalue weighted by Crippen LogP contribution is 2.32. The highest BCUT2D eigenvalue weighted by Gasteiger charge is 2.29. The van der Waals surface area contributed by atoms with Crippen molar-refractivity contribution in [3.8, 4) is 11.5 Å². The van der Waals surface area contributed by atoms with Gasteiger partial charge in [0.15, 0.2) is 11.5 Å². The summed E-state index contributed by atoms with van der Waals surface area (Å²) < 4.78 is 16.3. The number of imide groups is 1. The van der Waals surface area contributed by atoms with E-state index in [-0.39, 0.29) is 10.8 Å². The van der Waals surface area contributed by atoms with Gasteiger partial charge in [0.1, 0.15) is 18.5 Å². The van der Waals surface area contributed by atoms with Crippen molar-refractivity contribution in [1.82, 2.24) is 5.01 Å². The summed E-state index contributed by atoms with van der Waals surface area (Å²) >= 11 is 0. The Hall–Kier alpha value is -3.83. The number of methoxy groups -OCH3 is 1. The number of amides is 2. The largest absolute Gasteiger partial charge is 0.490 e. The van der Waals surface area contributed by atoms with Crippen LogP contribution >= 0.6 is 0 Å². The fourth-order valence-electron chi connectivity index (χ4n) is 2.76. The normalized spacial score (nSPS) is 11.3. The van der Waals surface area contributed by atoms with E-state index in [2.05, 4.69) is 5.32 Å². The van der Waals surface area contributed by atoms with E-state index in [9.17, 15) is 14.7 Å². The van der Waals surface area contributed by atoms with Crippen LogP contribution < -0.4 is 26.4 Å². The molecule has 0 radical (unpaired) electrons. The molecule has 0 heterocycles. The van der Waals surface area contributed by atoms with E-state index in [1.807, 2.05) is 0 Å². The number of nitrogen functional groups attached to an aromatic ring is 1. The minimum absolute atomic E-state index is 0.103. The van der Waals surface area contributed by atoms with Gasteiger partial charge in [-0.15, -0.1) is 0 Å². The van der Waals surface area contributed by atoms with E-state index in [0.717, 1.165) is 0 Å². The number of hydrogen-bond donors (Lipinski definition) is 5. The second-order valence-electron chi connectivity index (χ2n) is 6.54. The molecule has 1 atom stereocenters. The molecule has 2 amide bonds. The van der Waals surface area contributed by atoms with Crippen molar-refractivity contribution in [2.75, 3.05) is 32.2 Å². The Morgan fingerprint density at radius 2 is 1.81 bits per heavy atom. The molecule has 7 N–H and O–H groups in total. The van der Waals surface area contributed by atoms with E-state index in [1.165, 1.54) is 0 Å². The molecule has 0 saturated carbocycles. The Balaban J connectivity index is 2.41. The Bertz CT molecular complexity index is 950. The molecule has 11 heteroatoms. The SMILES string of the molecule is CCOc1cc(C(Nc2ccc(C(=N)N)cc2)C(=O)N(N)C(=O)O)ccc1OCCOC. The number of ether oxygens (including phenoxy) is 3. The van der Waals surface area contributed by atoms with Gasteiger partial charge >= 0.3 is 6.09 Å². The smallest absolute Gasteiger partial charge is 0.428 e. The number of benzene rings is 2. The molecule has 1 unspecified atom stereocenters. The summed E-state index contributed by atoms with van der Waals surface area (Å²) in [5, 5.41) is 19.7. The van der Waals surface area contributed by atoms with Gasteiger partial charge in [-0.1, -0.05) is 6.07 Å². The van der Waals surface area contributed by atoms with Crippen LogP contribution in [0.5, 0.6) is 11.5 Å². The number of anilines is 1. The third kappa shape index (κ3) is 6.33. The van der Waals surface area contributed by atoms with Crippen LogP contribution in [0.2, 0.25) is 0 Å². The summed E-state index contributed by atoms with van der Waals surface area (Å²) in [6.07, 6.45) is -1.60. The zero-order valence-electron chi connectivity index (χ0n) is 17.8. The molecule has 0 fully saturated rings. The first kappa shape index (κ1) is 24.4. The fraction of sp³-hybridized carbons (Fsp3) is 0.286. The van der Waals surface area contributed by atoms with Gasteiger partial charge in [0.25, 0.3) is 5.91 Å². The van der Waals surface area contributed by atoms with Gasteiger partial charge in [0, 0.05) is 18.4 Å². The maximum Gasteiger partial charge on any atom is 0.428 e. The number of nitrogens with zero attached hydrogens (tertiary/aromatic N) is 1. The van der Waals surface area contributed by atoms with Crippen molar-refractivity contribution in [3.63, 3.8) is 0 Å². The summed E-state index contributed by atoms with van der Waals surface area (Å²) in [6, 6.07) is 10.1. The molecule has 172 valence electrons. The van der Waals surface area contributed by atoms with E-state index in [1.54, 1.807) is 56.5 Å². The van der Waals surface area contributed by atoms with Gasteiger partial charge in [-0.25, -0.2) is 10.6 Å². The molecule has 2 rings (SSSR count). The molecule has 11 nitrogen and oxygen atoms in total. The maximum atomic E-state index is 12.8. The van der Waals surface area contributed by atoms with Gasteiger partial charge in [-0.2, -0.15) is 5.01 Å². The molecule has 0 spiro atoms. The Kier molecular flexibility index (Phi) is 8.81. The van der Waals surface area contributed by atoms with Gasteiger partial charge in [0.2, 0.25) is 0 Å². The zero-order chi connectivity index (χ0) is 23.7. The predicted octanol–water partition coefficient (Wildman–Crippen LogP) is 1.93. The number of hydrazine groups is 1. The second-order valence-corrected chi connectivity index (χ2v) is 6.54. The lowest BCUT2D eigenvalue weighted by Gasteiger charge is -2.23. The van der Waals surface area contributed by atoms with Crippen LogP contribution in [0.4, 0.5) is 10.5 Å². The number of carboxylic acid groups (broad SMARTS) is 1. The molecule has 2 aromatic carbocycles. The van der Waals surface area contributed by atoms with Gasteiger partial charge < -0.3 is 30.4 Å². The van der Waals surface area contributed by atoms with E-state index in [4.69, 9.17) is 31.2 Å². The van der Waals surface area contributed by atoms with Crippen molar-refractivity contribution in [1.29, 1.82) is 5.41 Å². The number of nitrogens with two attached hydrogens (primary N) is 2. The minimum atomic E-state index is -1.60. The van der Waals surface area contributed by atoms with Crippen molar-refractivity contribution in [2.24, 2.45) is 11.6 Å². The molecule has 0 aliphatic carbocycles. The highest BCUT2D eigenvalue weighted by atomic mass is 16.5. The van der Waals surface area contributed by atoms with Crippen LogP contribution in [0.15, 0.2) is 42.5 Å². The van der Waals surface area contributed by atoms with E-state index in [0.29, 0.717) is 48.1 Å². The van der Waals surface area contributed by atoms with Gasteiger partial charge in [-0.3, -0.25) is 10.2 Å². The molecular formula is C21H27N5O6. The predicted molar refractivity (Wildman–Crippen MR) is 118 cm³/mol. The van der Waals surface area contributed by atoms with Crippen molar-refractivity contribution in [2.45, 2.75) is 13.0 Å². The van der Waals surface area contributed by atoms with Crippen molar-refractivity contribution in [3.05, 3.63) is 53.6 Å². The molecule has 0 aliphatic rings. The first-order valence-electron chi connectivity index (χ1n) is 9.69. The third-order valence-electron chi connectivity index (χ3n) is 4.34. The number of nitrogens with one attached hydrogen (secondary N) is 2. The number of hydrogen-bond acceptors (Lipinski definition) is 8. The van der Waals surface area contributed by atoms with Crippen LogP contribution in [0.1, 0.15) is 24.1 Å². The summed E-state index contributed by atoms with van der Waals surface area (Å²) in [7, 11) is 1.56. The number of amidine groups is 1. The summed E-state index contributed by atoms with van der Waals surface area (Å²) in [5.41, 5.74) is 6.87. The number of carbonyl (C=O) groups is 2. The molecule has 32 heavy (non-hydrogen) atoms. The van der Waals surface area contributed by atoms with Crippen LogP contribution in [-0.2, 0) is 9.53 Å². The molecule has 0 aliphatic heterocycles. The molecular weight excluding hydrogens is 418 g/mol. The second kappa shape index (κ2) is 11.5. The number of rotatable bonds is 11.